The maximum absolute atomic E-state index is 11.7. The molecule has 98 valence electrons. The minimum Gasteiger partial charge on any atom is -0.375 e. The maximum Gasteiger partial charge on any atom is 0.220 e. The molecule has 4 heteroatoms. The zero-order valence-corrected chi connectivity index (χ0v) is 10.9. The van der Waals surface area contributed by atoms with Gasteiger partial charge in [-0.2, -0.15) is 0 Å². The van der Waals surface area contributed by atoms with Crippen LogP contribution >= 0.6 is 0 Å². The zero-order valence-electron chi connectivity index (χ0n) is 10.9. The summed E-state index contributed by atoms with van der Waals surface area (Å²) in [5.74, 6) is 0.575. The molecular weight excluding hydrogens is 216 g/mol. The average Bonchev–Trinajstić information content (AvgIpc) is 2.61. The van der Waals surface area contributed by atoms with Gasteiger partial charge < -0.3 is 15.4 Å². The fourth-order valence-corrected chi connectivity index (χ4v) is 2.94. The Kier molecular flexibility index (Phi) is 4.05. The number of rotatable bonds is 3. The number of hydrogen-bond acceptors (Lipinski definition) is 3. The van der Waals surface area contributed by atoms with Gasteiger partial charge in [0.15, 0.2) is 0 Å². The third kappa shape index (κ3) is 3.42. The van der Waals surface area contributed by atoms with Crippen LogP contribution in [0.2, 0.25) is 0 Å². The fraction of sp³-hybridized carbons (Fsp3) is 0.923. The van der Waals surface area contributed by atoms with Crippen molar-refractivity contribution in [2.75, 3.05) is 19.7 Å². The van der Waals surface area contributed by atoms with Crippen LogP contribution in [0, 0.1) is 5.92 Å². The van der Waals surface area contributed by atoms with E-state index in [0.29, 0.717) is 12.3 Å². The first-order valence-electron chi connectivity index (χ1n) is 6.74. The van der Waals surface area contributed by atoms with E-state index in [1.165, 1.54) is 0 Å². The second-order valence-electron chi connectivity index (χ2n) is 5.74. The smallest absolute Gasteiger partial charge is 0.220 e. The lowest BCUT2D eigenvalue weighted by atomic mass is 9.85. The van der Waals surface area contributed by atoms with Gasteiger partial charge in [0.05, 0.1) is 12.2 Å². The van der Waals surface area contributed by atoms with Crippen molar-refractivity contribution in [3.63, 3.8) is 0 Å². The third-order valence-corrected chi connectivity index (χ3v) is 3.72. The van der Waals surface area contributed by atoms with E-state index in [4.69, 9.17) is 4.74 Å². The van der Waals surface area contributed by atoms with E-state index in [0.717, 1.165) is 39.0 Å². The molecule has 2 rings (SSSR count). The Bertz CT molecular complexity index is 273. The summed E-state index contributed by atoms with van der Waals surface area (Å²) < 4.78 is 5.98. The van der Waals surface area contributed by atoms with Crippen LogP contribution in [-0.4, -0.2) is 37.2 Å². The third-order valence-electron chi connectivity index (χ3n) is 3.72. The van der Waals surface area contributed by atoms with Crippen LogP contribution in [0.15, 0.2) is 0 Å². The van der Waals surface area contributed by atoms with Gasteiger partial charge in [-0.15, -0.1) is 0 Å². The molecule has 0 saturated carbocycles. The number of nitrogens with one attached hydrogen (secondary N) is 2. The standard InChI is InChI=1S/C13H24N2O2/c1-10(2)15-12(16)7-11-8-13(17-9-11)3-5-14-6-4-13/h10-11,14H,3-9H2,1-2H3,(H,15,16)/t11-/m0/s1. The Balaban J connectivity index is 1.79. The highest BCUT2D eigenvalue weighted by atomic mass is 16.5. The molecule has 0 aromatic carbocycles. The fourth-order valence-electron chi connectivity index (χ4n) is 2.94. The number of carbonyl (C=O) groups is 1. The monoisotopic (exact) mass is 240 g/mol. The Hall–Kier alpha value is -0.610. The van der Waals surface area contributed by atoms with E-state index in [2.05, 4.69) is 10.6 Å². The lowest BCUT2D eigenvalue weighted by Gasteiger charge is -2.33. The molecule has 17 heavy (non-hydrogen) atoms. The van der Waals surface area contributed by atoms with Crippen molar-refractivity contribution in [2.24, 2.45) is 5.92 Å². The van der Waals surface area contributed by atoms with Gasteiger partial charge in [0.1, 0.15) is 0 Å². The first-order chi connectivity index (χ1) is 8.10. The van der Waals surface area contributed by atoms with Gasteiger partial charge in [-0.25, -0.2) is 0 Å². The minimum atomic E-state index is 0.0774. The summed E-state index contributed by atoms with van der Waals surface area (Å²) in [6.45, 7) is 6.84. The largest absolute Gasteiger partial charge is 0.375 e. The van der Waals surface area contributed by atoms with E-state index >= 15 is 0 Å². The highest BCUT2D eigenvalue weighted by molar-refractivity contribution is 5.76. The lowest BCUT2D eigenvalue weighted by Crippen LogP contribution is -2.41. The summed E-state index contributed by atoms with van der Waals surface area (Å²) in [4.78, 5) is 11.7. The molecular formula is C13H24N2O2. The summed E-state index contributed by atoms with van der Waals surface area (Å²) >= 11 is 0. The van der Waals surface area contributed by atoms with Crippen molar-refractivity contribution in [3.05, 3.63) is 0 Å². The van der Waals surface area contributed by atoms with Gasteiger partial charge in [0.25, 0.3) is 0 Å². The molecule has 0 aromatic heterocycles. The lowest BCUT2D eigenvalue weighted by molar-refractivity contribution is -0.122. The van der Waals surface area contributed by atoms with Crippen molar-refractivity contribution >= 4 is 5.91 Å². The van der Waals surface area contributed by atoms with Gasteiger partial charge in [-0.3, -0.25) is 4.79 Å². The number of carbonyl (C=O) groups excluding carboxylic acids is 1. The van der Waals surface area contributed by atoms with Crippen LogP contribution in [-0.2, 0) is 9.53 Å². The Morgan fingerprint density at radius 1 is 1.47 bits per heavy atom. The molecule has 0 bridgehead atoms. The molecule has 0 unspecified atom stereocenters. The van der Waals surface area contributed by atoms with E-state index in [9.17, 15) is 4.79 Å². The normalized spacial score (nSPS) is 27.6. The quantitative estimate of drug-likeness (QED) is 0.775. The molecule has 2 saturated heterocycles. The predicted molar refractivity (Wildman–Crippen MR) is 66.8 cm³/mol. The molecule has 2 fully saturated rings. The predicted octanol–water partition coefficient (Wildman–Crippen LogP) is 1.06. The molecule has 0 aliphatic carbocycles. The first kappa shape index (κ1) is 12.8. The Morgan fingerprint density at radius 3 is 2.82 bits per heavy atom. The first-order valence-corrected chi connectivity index (χ1v) is 6.74. The molecule has 2 heterocycles. The van der Waals surface area contributed by atoms with Gasteiger partial charge in [-0.1, -0.05) is 0 Å². The van der Waals surface area contributed by atoms with Crippen LogP contribution in [0.4, 0.5) is 0 Å². The topological polar surface area (TPSA) is 50.4 Å². The van der Waals surface area contributed by atoms with E-state index < -0.39 is 0 Å². The molecule has 1 atom stereocenters. The Morgan fingerprint density at radius 2 is 2.18 bits per heavy atom. The van der Waals surface area contributed by atoms with Gasteiger partial charge in [-0.05, 0) is 52.1 Å². The van der Waals surface area contributed by atoms with Crippen LogP contribution in [0.25, 0.3) is 0 Å². The van der Waals surface area contributed by atoms with Crippen molar-refractivity contribution < 1.29 is 9.53 Å². The highest BCUT2D eigenvalue weighted by Crippen LogP contribution is 2.38. The zero-order chi connectivity index (χ0) is 12.3. The summed E-state index contributed by atoms with van der Waals surface area (Å²) in [6, 6.07) is 0.234. The number of amides is 1. The number of piperidine rings is 1. The van der Waals surface area contributed by atoms with Crippen LogP contribution < -0.4 is 10.6 Å². The molecule has 2 N–H and O–H groups in total. The van der Waals surface area contributed by atoms with Gasteiger partial charge in [0.2, 0.25) is 5.91 Å². The van der Waals surface area contributed by atoms with Crippen molar-refractivity contribution in [3.8, 4) is 0 Å². The molecule has 2 aliphatic rings. The number of ether oxygens (including phenoxy) is 1. The molecule has 2 aliphatic heterocycles. The summed E-state index contributed by atoms with van der Waals surface area (Å²) in [7, 11) is 0. The summed E-state index contributed by atoms with van der Waals surface area (Å²) in [5, 5.41) is 6.31. The molecule has 0 aromatic rings. The van der Waals surface area contributed by atoms with Crippen LogP contribution in [0.5, 0.6) is 0 Å². The molecule has 1 spiro atoms. The van der Waals surface area contributed by atoms with Crippen LogP contribution in [0.1, 0.15) is 39.5 Å². The molecule has 4 nitrogen and oxygen atoms in total. The minimum absolute atomic E-state index is 0.0774. The van der Waals surface area contributed by atoms with E-state index in [1.807, 2.05) is 13.8 Å². The van der Waals surface area contributed by atoms with Gasteiger partial charge >= 0.3 is 0 Å². The number of hydrogen-bond donors (Lipinski definition) is 2. The van der Waals surface area contributed by atoms with Gasteiger partial charge in [0, 0.05) is 12.5 Å². The summed E-state index contributed by atoms with van der Waals surface area (Å²) in [6.07, 6.45) is 3.86. The second-order valence-corrected chi connectivity index (χ2v) is 5.74. The van der Waals surface area contributed by atoms with Crippen molar-refractivity contribution in [1.82, 2.24) is 10.6 Å². The maximum atomic E-state index is 11.7. The Labute approximate surface area is 103 Å². The summed E-state index contributed by atoms with van der Waals surface area (Å²) in [5.41, 5.74) is 0.0774. The molecule has 1 amide bonds. The van der Waals surface area contributed by atoms with Crippen molar-refractivity contribution in [2.45, 2.75) is 51.2 Å². The van der Waals surface area contributed by atoms with E-state index in [1.54, 1.807) is 0 Å². The SMILES string of the molecule is CC(C)NC(=O)C[C@@H]1COC2(CCNCC2)C1. The van der Waals surface area contributed by atoms with Crippen molar-refractivity contribution in [1.29, 1.82) is 0 Å². The molecule has 0 radical (unpaired) electrons. The van der Waals surface area contributed by atoms with Crippen LogP contribution in [0.3, 0.4) is 0 Å². The average molecular weight is 240 g/mol. The highest BCUT2D eigenvalue weighted by Gasteiger charge is 2.41. The van der Waals surface area contributed by atoms with E-state index in [-0.39, 0.29) is 17.6 Å². The second kappa shape index (κ2) is 5.36.